The van der Waals surface area contributed by atoms with Crippen molar-refractivity contribution in [3.8, 4) is 5.75 Å². The quantitative estimate of drug-likeness (QED) is 0.881. The summed E-state index contributed by atoms with van der Waals surface area (Å²) in [5.74, 6) is -3.15. The number of hydrogen-bond acceptors (Lipinski definition) is 4. The average molecular weight is 355 g/mol. The number of amides is 1. The summed E-state index contributed by atoms with van der Waals surface area (Å²) in [7, 11) is 1.36. The number of aliphatic imine (C=N–C) groups is 1. The molecular formula is C19H24N2O4. The Morgan fingerprint density at radius 3 is 2.56 bits per heavy atom. The first-order valence-electron chi connectivity index (χ1n) is 13.0. The van der Waals surface area contributed by atoms with Crippen LogP contribution in [0.1, 0.15) is 65.9 Å². The Morgan fingerprint density at radius 2 is 2.04 bits per heavy atom. The third-order valence-corrected chi connectivity index (χ3v) is 3.82. The molecule has 6 heteroatoms. The Balaban J connectivity index is 2.53. The molecule has 2 aliphatic rings. The van der Waals surface area contributed by atoms with Crippen molar-refractivity contribution in [2.75, 3.05) is 7.11 Å². The molecule has 1 aromatic rings. The molecule has 1 fully saturated rings. The third kappa shape index (κ3) is 3.01. The van der Waals surface area contributed by atoms with Gasteiger partial charge in [0, 0.05) is 19.3 Å². The van der Waals surface area contributed by atoms with Gasteiger partial charge in [-0.05, 0) is 56.2 Å². The lowest BCUT2D eigenvalue weighted by Gasteiger charge is -2.41. The average Bonchev–Trinajstić information content (AvgIpc) is 3.12. The summed E-state index contributed by atoms with van der Waals surface area (Å²) >= 11 is 0. The van der Waals surface area contributed by atoms with Crippen LogP contribution in [0.3, 0.4) is 0 Å². The van der Waals surface area contributed by atoms with Crippen LogP contribution in [0, 0.1) is 0 Å². The number of rotatable bonds is 5. The van der Waals surface area contributed by atoms with Gasteiger partial charge >= 0.3 is 5.97 Å². The Bertz CT molecular complexity index is 1110. The van der Waals surface area contributed by atoms with Crippen molar-refractivity contribution >= 4 is 17.6 Å². The molecule has 1 heterocycles. The normalized spacial score (nSPS) is 38.3. The van der Waals surface area contributed by atoms with E-state index in [0.717, 1.165) is 6.92 Å². The second-order valence-corrected chi connectivity index (χ2v) is 5.23. The van der Waals surface area contributed by atoms with Crippen LogP contribution < -0.4 is 4.74 Å². The lowest BCUT2D eigenvalue weighted by Crippen LogP contribution is -2.55. The van der Waals surface area contributed by atoms with Crippen LogP contribution in [0.15, 0.2) is 29.3 Å². The molecule has 6 nitrogen and oxygen atoms in total. The molecule has 1 aromatic carbocycles. The molecule has 1 aliphatic carbocycles. The van der Waals surface area contributed by atoms with Crippen LogP contribution in [0.2, 0.25) is 0 Å². The summed E-state index contributed by atoms with van der Waals surface area (Å²) in [4.78, 5) is 29.8. The molecule has 1 N–H and O–H groups in total. The van der Waals surface area contributed by atoms with Gasteiger partial charge in [-0.2, -0.15) is 0 Å². The van der Waals surface area contributed by atoms with Crippen molar-refractivity contribution in [1.29, 1.82) is 0 Å². The van der Waals surface area contributed by atoms with Crippen LogP contribution in [-0.2, 0) is 9.59 Å². The lowest BCUT2D eigenvalue weighted by molar-refractivity contribution is -0.153. The fourth-order valence-corrected chi connectivity index (χ4v) is 2.64. The molecule has 0 bridgehead atoms. The van der Waals surface area contributed by atoms with E-state index in [0.29, 0.717) is 5.75 Å². The van der Waals surface area contributed by atoms with E-state index in [9.17, 15) is 14.7 Å². The number of aliphatic carboxylic acids is 1. The smallest absolute Gasteiger partial charge is 0.326 e. The summed E-state index contributed by atoms with van der Waals surface area (Å²) in [6.45, 7) is 1.14. The summed E-state index contributed by atoms with van der Waals surface area (Å²) < 4.78 is 97.4. The minimum Gasteiger partial charge on any atom is -0.497 e. The molecule has 1 spiro atoms. The van der Waals surface area contributed by atoms with E-state index in [4.69, 9.17) is 19.8 Å². The molecule has 1 aliphatic heterocycles. The van der Waals surface area contributed by atoms with Gasteiger partial charge in [0.05, 0.1) is 8.48 Å². The monoisotopic (exact) mass is 355 g/mol. The molecule has 0 radical (unpaired) electrons. The summed E-state index contributed by atoms with van der Waals surface area (Å²) in [5.41, 5.74) is -4.47. The van der Waals surface area contributed by atoms with Gasteiger partial charge in [0.1, 0.15) is 23.1 Å². The van der Waals surface area contributed by atoms with E-state index in [1.54, 1.807) is 0 Å². The lowest BCUT2D eigenvalue weighted by atomic mass is 9.87. The topological polar surface area (TPSA) is 79.2 Å². The fourth-order valence-electron chi connectivity index (χ4n) is 2.64. The van der Waals surface area contributed by atoms with Crippen LogP contribution in [-0.4, -0.2) is 46.4 Å². The van der Waals surface area contributed by atoms with Gasteiger partial charge in [0.25, 0.3) is 5.91 Å². The molecular weight excluding hydrogens is 320 g/mol. The Morgan fingerprint density at radius 1 is 1.40 bits per heavy atom. The van der Waals surface area contributed by atoms with Crippen LogP contribution in [0.4, 0.5) is 0 Å². The molecule has 3 rings (SSSR count). The van der Waals surface area contributed by atoms with E-state index in [1.165, 1.54) is 31.4 Å². The van der Waals surface area contributed by atoms with E-state index in [2.05, 4.69) is 4.99 Å². The highest BCUT2D eigenvalue weighted by atomic mass is 16.5. The second-order valence-electron chi connectivity index (χ2n) is 5.23. The number of hydrogen-bond donors (Lipinski definition) is 1. The van der Waals surface area contributed by atoms with E-state index in [-0.39, 0.29) is 10.5 Å². The van der Waals surface area contributed by atoms with Gasteiger partial charge in [-0.1, -0.05) is 13.3 Å². The molecule has 134 valence electrons. The Kier molecular flexibility index (Phi) is 2.29. The number of carboxylic acids is 1. The molecule has 1 atom stereocenters. The van der Waals surface area contributed by atoms with Crippen molar-refractivity contribution in [3.05, 3.63) is 29.8 Å². The van der Waals surface area contributed by atoms with Gasteiger partial charge in [-0.25, -0.2) is 4.79 Å². The zero-order chi connectivity index (χ0) is 27.9. The Labute approximate surface area is 163 Å². The van der Waals surface area contributed by atoms with Crippen LogP contribution in [0.25, 0.3) is 0 Å². The molecule has 1 unspecified atom stereocenters. The van der Waals surface area contributed by atoms with E-state index < -0.39 is 67.6 Å². The van der Waals surface area contributed by atoms with E-state index >= 15 is 0 Å². The van der Waals surface area contributed by atoms with Crippen LogP contribution >= 0.6 is 0 Å². The van der Waals surface area contributed by atoms with E-state index in [1.807, 2.05) is 0 Å². The van der Waals surface area contributed by atoms with Crippen molar-refractivity contribution in [2.45, 2.75) is 56.9 Å². The third-order valence-electron chi connectivity index (χ3n) is 3.82. The summed E-state index contributed by atoms with van der Waals surface area (Å²) in [5, 5.41) is 9.90. The van der Waals surface area contributed by atoms with Crippen molar-refractivity contribution in [1.82, 2.24) is 4.90 Å². The second kappa shape index (κ2) is 6.86. The number of methoxy groups -OCH3 is 1. The maximum absolute atomic E-state index is 13.7. The fraction of sp³-hybridized carbons (Fsp3) is 0.526. The number of nitrogens with zero attached hydrogens (tertiary/aromatic N) is 2. The summed E-state index contributed by atoms with van der Waals surface area (Å²) in [6.07, 6.45) is -20.0. The minimum absolute atomic E-state index is 0.0766. The van der Waals surface area contributed by atoms with Crippen molar-refractivity contribution in [3.63, 3.8) is 0 Å². The van der Waals surface area contributed by atoms with Crippen molar-refractivity contribution in [2.24, 2.45) is 4.99 Å². The number of carboxylic acid groups (broad SMARTS) is 1. The SMILES string of the molecule is [2H]C(CC)(C(=O)O)N1C(=O)C(c2ccc(OC)cc2)=NC12C([2H])([2H])C([2H])([2H])C([2H])([2H])C([2H])([2H])C2([2H])[2H]. The maximum atomic E-state index is 13.7. The maximum Gasteiger partial charge on any atom is 0.326 e. The molecule has 0 saturated heterocycles. The predicted octanol–water partition coefficient (Wildman–Crippen LogP) is 2.85. The zero-order valence-corrected chi connectivity index (χ0v) is 13.6. The van der Waals surface area contributed by atoms with Crippen LogP contribution in [0.5, 0.6) is 5.75 Å². The predicted molar refractivity (Wildman–Crippen MR) is 93.9 cm³/mol. The largest absolute Gasteiger partial charge is 0.497 e. The number of carbonyl (C=O) groups is 2. The number of carbonyl (C=O) groups excluding carboxylic acids is 1. The first-order chi connectivity index (χ1) is 16.2. The molecule has 25 heavy (non-hydrogen) atoms. The van der Waals surface area contributed by atoms with Gasteiger partial charge in [-0.3, -0.25) is 14.7 Å². The number of ether oxygens (including phenoxy) is 1. The highest BCUT2D eigenvalue weighted by Crippen LogP contribution is 2.41. The van der Waals surface area contributed by atoms with Gasteiger partial charge in [0.2, 0.25) is 0 Å². The van der Waals surface area contributed by atoms with Gasteiger partial charge in [-0.15, -0.1) is 0 Å². The summed E-state index contributed by atoms with van der Waals surface area (Å²) in [6, 6.07) is 2.13. The van der Waals surface area contributed by atoms with Gasteiger partial charge in [0.15, 0.2) is 0 Å². The molecule has 0 aromatic heterocycles. The number of benzene rings is 1. The van der Waals surface area contributed by atoms with Gasteiger partial charge < -0.3 is 9.84 Å². The Hall–Kier alpha value is -2.37. The zero-order valence-electron chi connectivity index (χ0n) is 24.6. The highest BCUT2D eigenvalue weighted by molar-refractivity contribution is 6.47. The minimum atomic E-state index is -3.88. The first kappa shape index (κ1) is 8.34. The highest BCUT2D eigenvalue weighted by Gasteiger charge is 2.51. The molecule has 1 amide bonds. The van der Waals surface area contributed by atoms with Crippen molar-refractivity contribution < 1.29 is 34.5 Å². The first-order valence-corrected chi connectivity index (χ1v) is 7.49. The standard InChI is InChI=1S/C19H24N2O4/c1-3-15(18(23)24)21-17(22)16(13-7-9-14(25-2)10-8-13)20-19(21)11-5-4-6-12-19/h7-10,15H,3-6,11-12H2,1-2H3,(H,23,24)/i4D2,5D2,6D2,11D2,12D2,15D. The molecule has 1 saturated carbocycles.